The number of imidazole rings is 1. The largest absolute Gasteiger partial charge is 0.369 e. The van der Waals surface area contributed by atoms with Gasteiger partial charge >= 0.3 is 0 Å². The zero-order valence-corrected chi connectivity index (χ0v) is 24.4. The van der Waals surface area contributed by atoms with Gasteiger partial charge < -0.3 is 16.4 Å². The lowest BCUT2D eigenvalue weighted by atomic mass is 9.85. The molecule has 1 aliphatic heterocycles. The van der Waals surface area contributed by atoms with E-state index >= 15 is 4.39 Å². The van der Waals surface area contributed by atoms with E-state index in [9.17, 15) is 10.1 Å². The van der Waals surface area contributed by atoms with E-state index in [1.807, 2.05) is 16.7 Å². The van der Waals surface area contributed by atoms with Crippen molar-refractivity contribution < 1.29 is 9.18 Å². The first-order valence-corrected chi connectivity index (χ1v) is 15.0. The fourth-order valence-corrected chi connectivity index (χ4v) is 6.48. The average molecular weight is 602 g/mol. The van der Waals surface area contributed by atoms with Crippen molar-refractivity contribution in [2.75, 3.05) is 23.7 Å². The van der Waals surface area contributed by atoms with Crippen molar-refractivity contribution in [3.8, 4) is 6.07 Å². The maximum atomic E-state index is 15.0. The van der Waals surface area contributed by atoms with Crippen molar-refractivity contribution in [3.05, 3.63) is 70.6 Å². The van der Waals surface area contributed by atoms with E-state index in [-0.39, 0.29) is 40.2 Å². The van der Waals surface area contributed by atoms with Crippen LogP contribution in [0.2, 0.25) is 5.02 Å². The molecule has 6 rings (SSSR count). The highest BCUT2D eigenvalue weighted by molar-refractivity contribution is 6.33. The Bertz CT molecular complexity index is 1640. The number of amides is 1. The molecule has 2 aliphatic rings. The van der Waals surface area contributed by atoms with Crippen molar-refractivity contribution >= 4 is 46.3 Å². The SMILES string of the molecule is N#Cc1cc(F)c(Nc2nc3cnc(NC4CCCN(Cc5ccccc5)C4)nc3n2C2CCC(C(N)=O)CC2)c(Cl)c1. The molecule has 3 heterocycles. The Kier molecular flexibility index (Phi) is 8.40. The van der Waals surface area contributed by atoms with Gasteiger partial charge in [-0.3, -0.25) is 14.3 Å². The number of nitrogens with two attached hydrogens (primary N) is 1. The summed E-state index contributed by atoms with van der Waals surface area (Å²) in [6.45, 7) is 2.80. The van der Waals surface area contributed by atoms with E-state index in [1.54, 1.807) is 6.20 Å². The van der Waals surface area contributed by atoms with E-state index in [1.165, 1.54) is 11.6 Å². The van der Waals surface area contributed by atoms with Crippen LogP contribution in [0.1, 0.15) is 55.7 Å². The van der Waals surface area contributed by atoms with E-state index in [0.717, 1.165) is 38.5 Å². The number of rotatable bonds is 8. The maximum Gasteiger partial charge on any atom is 0.225 e. The van der Waals surface area contributed by atoms with Gasteiger partial charge in [-0.2, -0.15) is 10.2 Å². The summed E-state index contributed by atoms with van der Waals surface area (Å²) in [5.41, 5.74) is 8.17. The van der Waals surface area contributed by atoms with Gasteiger partial charge in [0.1, 0.15) is 11.3 Å². The highest BCUT2D eigenvalue weighted by atomic mass is 35.5. The van der Waals surface area contributed by atoms with Crippen LogP contribution in [0.15, 0.2) is 48.7 Å². The number of nitriles is 1. The first-order valence-electron chi connectivity index (χ1n) is 14.6. The third-order valence-corrected chi connectivity index (χ3v) is 8.69. The fraction of sp³-hybridized carbons (Fsp3) is 0.387. The number of primary amides is 1. The van der Waals surface area contributed by atoms with Gasteiger partial charge in [0, 0.05) is 31.1 Å². The molecule has 4 aromatic rings. The summed E-state index contributed by atoms with van der Waals surface area (Å²) in [6.07, 6.45) is 6.39. The number of benzene rings is 2. The molecule has 1 aliphatic carbocycles. The summed E-state index contributed by atoms with van der Waals surface area (Å²) in [5, 5.41) is 15.9. The van der Waals surface area contributed by atoms with Gasteiger partial charge in [0.2, 0.25) is 17.8 Å². The summed E-state index contributed by atoms with van der Waals surface area (Å²) in [5.74, 6) is -0.265. The second kappa shape index (κ2) is 12.5. The Labute approximate surface area is 254 Å². The molecule has 0 radical (unpaired) electrons. The monoisotopic (exact) mass is 601 g/mol. The molecule has 2 aromatic heterocycles. The van der Waals surface area contributed by atoms with Crippen LogP contribution in [0.4, 0.5) is 22.0 Å². The lowest BCUT2D eigenvalue weighted by molar-refractivity contribution is -0.122. The standard InChI is InChI=1S/C31H33ClFN9O/c32-24-13-20(15-34)14-25(33)27(24)39-31-38-26-16-36-30(40-29(26)42(31)23-10-8-21(9-11-23)28(35)43)37-22-7-4-12-41(18-22)17-19-5-2-1-3-6-19/h1-3,5-6,13-14,16,21-23H,4,7-12,17-18H2,(H2,35,43)(H,38,39)(H,36,37,40). The molecule has 43 heavy (non-hydrogen) atoms. The third kappa shape index (κ3) is 6.40. The van der Waals surface area contributed by atoms with Crippen LogP contribution in [-0.4, -0.2) is 49.5 Å². The normalized spacial score (nSPS) is 20.9. The second-order valence-electron chi connectivity index (χ2n) is 11.4. The molecule has 0 spiro atoms. The number of halogens is 2. The molecule has 12 heteroatoms. The predicted octanol–water partition coefficient (Wildman–Crippen LogP) is 5.53. The van der Waals surface area contributed by atoms with Crippen LogP contribution in [0.5, 0.6) is 0 Å². The number of fused-ring (bicyclic) bond motifs is 1. The van der Waals surface area contributed by atoms with E-state index in [0.29, 0.717) is 48.7 Å². The van der Waals surface area contributed by atoms with Crippen molar-refractivity contribution in [3.63, 3.8) is 0 Å². The molecule has 1 amide bonds. The number of nitrogens with one attached hydrogen (secondary N) is 2. The number of piperidine rings is 1. The van der Waals surface area contributed by atoms with Gasteiger partial charge in [-0.1, -0.05) is 41.9 Å². The minimum absolute atomic E-state index is 0.0232. The average Bonchev–Trinajstić information content (AvgIpc) is 3.36. The fourth-order valence-electron chi connectivity index (χ4n) is 6.22. The Morgan fingerprint density at radius 1 is 1.14 bits per heavy atom. The lowest BCUT2D eigenvalue weighted by Crippen LogP contribution is -2.41. The third-order valence-electron chi connectivity index (χ3n) is 8.39. The van der Waals surface area contributed by atoms with Crippen LogP contribution in [0.3, 0.4) is 0 Å². The zero-order chi connectivity index (χ0) is 29.9. The second-order valence-corrected chi connectivity index (χ2v) is 11.8. The number of hydrogen-bond donors (Lipinski definition) is 3. The molecule has 10 nitrogen and oxygen atoms in total. The van der Waals surface area contributed by atoms with Gasteiger partial charge in [-0.05, 0) is 62.8 Å². The number of carbonyl (C=O) groups is 1. The van der Waals surface area contributed by atoms with Crippen molar-refractivity contribution in [1.82, 2.24) is 24.4 Å². The highest BCUT2D eigenvalue weighted by Crippen LogP contribution is 2.38. The molecule has 1 saturated carbocycles. The Morgan fingerprint density at radius 2 is 1.93 bits per heavy atom. The minimum atomic E-state index is -0.661. The van der Waals surface area contributed by atoms with Gasteiger partial charge in [-0.15, -0.1) is 0 Å². The molecule has 4 N–H and O–H groups in total. The molecular weight excluding hydrogens is 569 g/mol. The predicted molar refractivity (Wildman–Crippen MR) is 163 cm³/mol. The topological polar surface area (TPSA) is 138 Å². The number of carbonyl (C=O) groups excluding carboxylic acids is 1. The Balaban J connectivity index is 1.29. The van der Waals surface area contributed by atoms with Crippen LogP contribution in [0.25, 0.3) is 11.2 Å². The summed E-state index contributed by atoms with van der Waals surface area (Å²) < 4.78 is 17.0. The van der Waals surface area contributed by atoms with Crippen LogP contribution < -0.4 is 16.4 Å². The number of nitrogens with zero attached hydrogens (tertiary/aromatic N) is 6. The quantitative estimate of drug-likeness (QED) is 0.240. The van der Waals surface area contributed by atoms with Gasteiger partial charge in [0.15, 0.2) is 5.65 Å². The first kappa shape index (κ1) is 28.8. The van der Waals surface area contributed by atoms with E-state index in [2.05, 4.69) is 44.8 Å². The molecule has 2 aromatic carbocycles. The molecule has 1 unspecified atom stereocenters. The Morgan fingerprint density at radius 3 is 2.65 bits per heavy atom. The molecule has 1 saturated heterocycles. The van der Waals surface area contributed by atoms with Crippen molar-refractivity contribution in [2.24, 2.45) is 11.7 Å². The summed E-state index contributed by atoms with van der Waals surface area (Å²) in [6, 6.07) is 15.0. The van der Waals surface area contributed by atoms with Crippen molar-refractivity contribution in [2.45, 2.75) is 57.2 Å². The first-order chi connectivity index (χ1) is 20.9. The van der Waals surface area contributed by atoms with Crippen LogP contribution in [0, 0.1) is 23.1 Å². The number of hydrogen-bond acceptors (Lipinski definition) is 8. The van der Waals surface area contributed by atoms with E-state index < -0.39 is 5.82 Å². The summed E-state index contributed by atoms with van der Waals surface area (Å²) >= 11 is 6.37. The molecule has 0 bridgehead atoms. The lowest BCUT2D eigenvalue weighted by Gasteiger charge is -2.33. The van der Waals surface area contributed by atoms with E-state index in [4.69, 9.17) is 27.3 Å². The van der Waals surface area contributed by atoms with Crippen LogP contribution >= 0.6 is 11.6 Å². The van der Waals surface area contributed by atoms with Gasteiger partial charge in [-0.25, -0.2) is 14.4 Å². The highest BCUT2D eigenvalue weighted by Gasteiger charge is 2.30. The minimum Gasteiger partial charge on any atom is -0.369 e. The van der Waals surface area contributed by atoms with Gasteiger partial charge in [0.05, 0.1) is 28.5 Å². The number of likely N-dealkylation sites (tertiary alicyclic amines) is 1. The molecule has 1 atom stereocenters. The molecular formula is C31H33ClFN9O. The molecule has 2 fully saturated rings. The maximum absolute atomic E-state index is 15.0. The zero-order valence-electron chi connectivity index (χ0n) is 23.6. The number of aromatic nitrogens is 4. The molecule has 222 valence electrons. The van der Waals surface area contributed by atoms with Crippen LogP contribution in [-0.2, 0) is 11.3 Å². The summed E-state index contributed by atoms with van der Waals surface area (Å²) in [4.78, 5) is 28.5. The van der Waals surface area contributed by atoms with Crippen molar-refractivity contribution in [1.29, 1.82) is 5.26 Å². The number of anilines is 3. The van der Waals surface area contributed by atoms with Gasteiger partial charge in [0.25, 0.3) is 0 Å². The summed E-state index contributed by atoms with van der Waals surface area (Å²) in [7, 11) is 0. The smallest absolute Gasteiger partial charge is 0.225 e. The Hall–Kier alpha value is -4.27.